The molecule has 0 amide bonds. The second-order valence-electron chi connectivity index (χ2n) is 5.97. The minimum absolute atomic E-state index is 0.817. The fraction of sp³-hybridized carbons (Fsp3) is 0.556. The molecule has 0 saturated carbocycles. The van der Waals surface area contributed by atoms with Crippen LogP contribution in [0.4, 0.5) is 0 Å². The molecule has 0 aromatic heterocycles. The molecule has 0 aliphatic carbocycles. The van der Waals surface area contributed by atoms with Crippen LogP contribution in [0, 0.1) is 5.92 Å². The number of nitrogens with zero attached hydrogens (tertiary/aromatic N) is 1. The third-order valence-electron chi connectivity index (χ3n) is 3.60. The SMILES string of the molecule is C=C(C)CCCC(C)CCN(C)Cc1ccccc1. The molecule has 106 valence electrons. The maximum Gasteiger partial charge on any atom is 0.0230 e. The van der Waals surface area contributed by atoms with Crippen LogP contribution < -0.4 is 0 Å². The first kappa shape index (κ1) is 16.0. The van der Waals surface area contributed by atoms with Crippen molar-refractivity contribution in [2.45, 2.75) is 46.1 Å². The third kappa shape index (κ3) is 7.84. The van der Waals surface area contributed by atoms with E-state index < -0.39 is 0 Å². The first-order valence-corrected chi connectivity index (χ1v) is 7.44. The number of hydrogen-bond donors (Lipinski definition) is 0. The first-order chi connectivity index (χ1) is 9.08. The highest BCUT2D eigenvalue weighted by Gasteiger charge is 2.05. The molecule has 0 fully saturated rings. The van der Waals surface area contributed by atoms with Gasteiger partial charge in [0.25, 0.3) is 0 Å². The minimum Gasteiger partial charge on any atom is -0.302 e. The fourth-order valence-corrected chi connectivity index (χ4v) is 2.31. The van der Waals surface area contributed by atoms with Gasteiger partial charge in [-0.3, -0.25) is 0 Å². The van der Waals surface area contributed by atoms with Crippen LogP contribution in [0.25, 0.3) is 0 Å². The van der Waals surface area contributed by atoms with Gasteiger partial charge < -0.3 is 4.90 Å². The van der Waals surface area contributed by atoms with Crippen LogP contribution in [0.3, 0.4) is 0 Å². The lowest BCUT2D eigenvalue weighted by molar-refractivity contribution is 0.292. The Balaban J connectivity index is 2.15. The van der Waals surface area contributed by atoms with E-state index in [2.05, 4.69) is 62.7 Å². The average molecular weight is 259 g/mol. The second-order valence-corrected chi connectivity index (χ2v) is 5.97. The Morgan fingerprint density at radius 2 is 1.89 bits per heavy atom. The van der Waals surface area contributed by atoms with E-state index in [1.807, 2.05) is 0 Å². The lowest BCUT2D eigenvalue weighted by Crippen LogP contribution is -2.20. The Hall–Kier alpha value is -1.08. The topological polar surface area (TPSA) is 3.24 Å². The van der Waals surface area contributed by atoms with E-state index in [4.69, 9.17) is 0 Å². The van der Waals surface area contributed by atoms with Crippen molar-refractivity contribution in [3.8, 4) is 0 Å². The van der Waals surface area contributed by atoms with Crippen molar-refractivity contribution in [3.05, 3.63) is 48.0 Å². The molecule has 0 aliphatic heterocycles. The largest absolute Gasteiger partial charge is 0.302 e. The molecule has 0 spiro atoms. The first-order valence-electron chi connectivity index (χ1n) is 7.44. The second kappa shape index (κ2) is 8.92. The lowest BCUT2D eigenvalue weighted by atomic mass is 9.99. The predicted molar refractivity (Wildman–Crippen MR) is 85.2 cm³/mol. The average Bonchev–Trinajstić information content (AvgIpc) is 2.37. The molecule has 1 aromatic rings. The Bertz CT molecular complexity index is 355. The van der Waals surface area contributed by atoms with Crippen LogP contribution in [0.2, 0.25) is 0 Å². The van der Waals surface area contributed by atoms with Gasteiger partial charge >= 0.3 is 0 Å². The number of allylic oxidation sites excluding steroid dienone is 1. The van der Waals surface area contributed by atoms with Crippen molar-refractivity contribution >= 4 is 0 Å². The summed E-state index contributed by atoms with van der Waals surface area (Å²) >= 11 is 0. The van der Waals surface area contributed by atoms with Crippen LogP contribution in [-0.4, -0.2) is 18.5 Å². The van der Waals surface area contributed by atoms with Gasteiger partial charge in [0.05, 0.1) is 0 Å². The molecule has 1 heteroatoms. The Kier molecular flexibility index (Phi) is 7.50. The maximum atomic E-state index is 3.96. The normalized spacial score (nSPS) is 12.6. The summed E-state index contributed by atoms with van der Waals surface area (Å²) in [5.41, 5.74) is 2.72. The fourth-order valence-electron chi connectivity index (χ4n) is 2.31. The number of benzene rings is 1. The van der Waals surface area contributed by atoms with Gasteiger partial charge in [-0.2, -0.15) is 0 Å². The highest BCUT2D eigenvalue weighted by molar-refractivity contribution is 5.14. The summed E-state index contributed by atoms with van der Waals surface area (Å²) in [4.78, 5) is 2.42. The van der Waals surface area contributed by atoms with E-state index in [0.29, 0.717) is 0 Å². The van der Waals surface area contributed by atoms with Gasteiger partial charge in [-0.25, -0.2) is 0 Å². The number of rotatable bonds is 9. The highest BCUT2D eigenvalue weighted by Crippen LogP contribution is 2.15. The Morgan fingerprint density at radius 3 is 2.53 bits per heavy atom. The molecule has 1 unspecified atom stereocenters. The standard InChI is InChI=1S/C18H29N/c1-16(2)9-8-10-17(3)13-14-19(4)15-18-11-6-5-7-12-18/h5-7,11-12,17H,1,8-10,13-15H2,2-4H3. The van der Waals surface area contributed by atoms with E-state index in [0.717, 1.165) is 12.5 Å². The van der Waals surface area contributed by atoms with Gasteiger partial charge in [0, 0.05) is 6.54 Å². The summed E-state index contributed by atoms with van der Waals surface area (Å²) in [5.74, 6) is 0.817. The van der Waals surface area contributed by atoms with Gasteiger partial charge in [0.1, 0.15) is 0 Å². The Morgan fingerprint density at radius 1 is 1.21 bits per heavy atom. The molecular weight excluding hydrogens is 230 g/mol. The molecule has 0 aliphatic rings. The molecule has 0 bridgehead atoms. The van der Waals surface area contributed by atoms with E-state index >= 15 is 0 Å². The zero-order valence-electron chi connectivity index (χ0n) is 12.9. The smallest absolute Gasteiger partial charge is 0.0230 e. The maximum absolute atomic E-state index is 3.96. The minimum atomic E-state index is 0.817. The van der Waals surface area contributed by atoms with Crippen LogP contribution in [0.1, 0.15) is 45.1 Å². The molecule has 0 saturated heterocycles. The van der Waals surface area contributed by atoms with E-state index in [1.165, 1.54) is 43.4 Å². The van der Waals surface area contributed by atoms with Crippen LogP contribution >= 0.6 is 0 Å². The van der Waals surface area contributed by atoms with Gasteiger partial charge in [-0.1, -0.05) is 49.2 Å². The Labute approximate surface area is 119 Å². The summed E-state index contributed by atoms with van der Waals surface area (Å²) in [5, 5.41) is 0. The lowest BCUT2D eigenvalue weighted by Gasteiger charge is -2.19. The summed E-state index contributed by atoms with van der Waals surface area (Å²) < 4.78 is 0. The van der Waals surface area contributed by atoms with Crippen LogP contribution in [0.15, 0.2) is 42.5 Å². The van der Waals surface area contributed by atoms with E-state index in [9.17, 15) is 0 Å². The molecule has 1 aromatic carbocycles. The summed E-state index contributed by atoms with van der Waals surface area (Å²) in [6.45, 7) is 10.7. The highest BCUT2D eigenvalue weighted by atomic mass is 15.1. The molecule has 0 heterocycles. The number of hydrogen-bond acceptors (Lipinski definition) is 1. The van der Waals surface area contributed by atoms with Crippen molar-refractivity contribution in [1.82, 2.24) is 4.90 Å². The molecule has 1 nitrogen and oxygen atoms in total. The van der Waals surface area contributed by atoms with Gasteiger partial charge in [-0.15, -0.1) is 6.58 Å². The zero-order valence-corrected chi connectivity index (χ0v) is 12.9. The molecule has 1 rings (SSSR count). The van der Waals surface area contributed by atoms with E-state index in [1.54, 1.807) is 0 Å². The van der Waals surface area contributed by atoms with Gasteiger partial charge in [0.15, 0.2) is 0 Å². The van der Waals surface area contributed by atoms with Crippen LogP contribution in [0.5, 0.6) is 0 Å². The van der Waals surface area contributed by atoms with Gasteiger partial charge in [0.2, 0.25) is 0 Å². The van der Waals surface area contributed by atoms with Crippen molar-refractivity contribution in [1.29, 1.82) is 0 Å². The van der Waals surface area contributed by atoms with Gasteiger partial charge in [-0.05, 0) is 51.3 Å². The van der Waals surface area contributed by atoms with Crippen molar-refractivity contribution < 1.29 is 0 Å². The van der Waals surface area contributed by atoms with Crippen molar-refractivity contribution in [2.24, 2.45) is 5.92 Å². The molecule has 19 heavy (non-hydrogen) atoms. The quantitative estimate of drug-likeness (QED) is 0.571. The third-order valence-corrected chi connectivity index (χ3v) is 3.60. The molecule has 0 N–H and O–H groups in total. The predicted octanol–water partition coefficient (Wildman–Crippen LogP) is 4.89. The van der Waals surface area contributed by atoms with Crippen molar-refractivity contribution in [2.75, 3.05) is 13.6 Å². The summed E-state index contributed by atoms with van der Waals surface area (Å²) in [7, 11) is 2.22. The summed E-state index contributed by atoms with van der Waals surface area (Å²) in [6, 6.07) is 10.7. The monoisotopic (exact) mass is 259 g/mol. The van der Waals surface area contributed by atoms with Crippen LogP contribution in [-0.2, 0) is 6.54 Å². The van der Waals surface area contributed by atoms with E-state index in [-0.39, 0.29) is 0 Å². The molecule has 1 atom stereocenters. The molecule has 0 radical (unpaired) electrons. The zero-order chi connectivity index (χ0) is 14.1. The molecular formula is C18H29N. The summed E-state index contributed by atoms with van der Waals surface area (Å²) in [6.07, 6.45) is 5.09. The van der Waals surface area contributed by atoms with Crippen molar-refractivity contribution in [3.63, 3.8) is 0 Å².